The molecule has 0 spiro atoms. The molecule has 1 aliphatic heterocycles. The van der Waals surface area contributed by atoms with Crippen LogP contribution in [-0.4, -0.2) is 121 Å². The van der Waals surface area contributed by atoms with E-state index in [9.17, 15) is 24.0 Å². The van der Waals surface area contributed by atoms with Crippen LogP contribution in [-0.2, 0) is 46.3 Å². The molecule has 0 unspecified atom stereocenters. The Hall–Kier alpha value is -4.19. The molecule has 0 radical (unpaired) electrons. The Morgan fingerprint density at radius 1 is 0.828 bits per heavy atom. The van der Waals surface area contributed by atoms with Crippen LogP contribution in [0.3, 0.4) is 0 Å². The number of methoxy groups -OCH3 is 2. The smallest absolute Gasteiger partial charge is 0.303 e. The van der Waals surface area contributed by atoms with E-state index in [0.29, 0.717) is 32.4 Å². The van der Waals surface area contributed by atoms with Crippen LogP contribution in [0.1, 0.15) is 111 Å². The first-order chi connectivity index (χ1) is 30.4. The summed E-state index contributed by atoms with van der Waals surface area (Å²) in [6.45, 7) is 14.9. The fourth-order valence-electron chi connectivity index (χ4n) is 9.87. The molecule has 1 fully saturated rings. The van der Waals surface area contributed by atoms with Gasteiger partial charge in [-0.3, -0.25) is 28.9 Å². The van der Waals surface area contributed by atoms with Crippen LogP contribution >= 0.6 is 0 Å². The van der Waals surface area contributed by atoms with Crippen molar-refractivity contribution in [3.63, 3.8) is 0 Å². The van der Waals surface area contributed by atoms with E-state index in [-0.39, 0.29) is 72.4 Å². The lowest BCUT2D eigenvalue weighted by Crippen LogP contribution is -2.54. The highest BCUT2D eigenvalue weighted by Gasteiger charge is 2.43. The van der Waals surface area contributed by atoms with Crippen molar-refractivity contribution < 1.29 is 38.6 Å². The highest BCUT2D eigenvalue weighted by Crippen LogP contribution is 2.32. The fourth-order valence-corrected chi connectivity index (χ4v) is 9.87. The number of benzene rings is 2. The number of aliphatic carboxylic acids is 1. The van der Waals surface area contributed by atoms with Crippen molar-refractivity contribution >= 4 is 29.4 Å². The molecule has 356 valence electrons. The first-order valence-corrected chi connectivity index (χ1v) is 23.8. The van der Waals surface area contributed by atoms with Gasteiger partial charge in [0, 0.05) is 58.9 Å². The number of rotatable bonds is 29. The summed E-state index contributed by atoms with van der Waals surface area (Å²) in [5.41, 5.74) is 2.39. The van der Waals surface area contributed by atoms with Gasteiger partial charge >= 0.3 is 5.97 Å². The van der Waals surface area contributed by atoms with Gasteiger partial charge in [0.05, 0.1) is 36.8 Å². The second-order valence-corrected chi connectivity index (χ2v) is 19.0. The van der Waals surface area contributed by atoms with E-state index in [1.165, 1.54) is 11.1 Å². The van der Waals surface area contributed by atoms with Gasteiger partial charge in [0.1, 0.15) is 5.78 Å². The highest BCUT2D eigenvalue weighted by atomic mass is 16.5. The molecule has 0 bridgehead atoms. The molecule has 0 aromatic heterocycles. The standard InChI is InChI=1S/C53H81N3O8/c1-12-38(6)51(55(9)53(62)43(36(2)3)34-46(58)50(37(4)5)54(8)30-21-29-49(60)61)47(63-10)35-48(59)56-31-20-28-44(56)52(64-11)39(7)45(57)33-42(32-41-24-17-14-18-25-41)27-19-26-40-22-15-13-16-23-40/h13-19,22-25,27,36-39,42-44,47,50-52H,12,20-21,26,28-35H2,1-11H3,(H,60,61)/b27-19-/t38-,39-,42+,43-,44-,47+,50-,51-,52+/m0/s1. The number of carboxylic acids is 1. The summed E-state index contributed by atoms with van der Waals surface area (Å²) in [4.78, 5) is 73.9. The van der Waals surface area contributed by atoms with Gasteiger partial charge in [0.25, 0.3) is 0 Å². The Labute approximate surface area is 385 Å². The van der Waals surface area contributed by atoms with Gasteiger partial charge in [-0.05, 0) is 80.5 Å². The number of hydrogen-bond acceptors (Lipinski definition) is 8. The summed E-state index contributed by atoms with van der Waals surface area (Å²) in [5.74, 6) is -2.31. The summed E-state index contributed by atoms with van der Waals surface area (Å²) < 4.78 is 12.3. The summed E-state index contributed by atoms with van der Waals surface area (Å²) in [7, 11) is 6.82. The topological polar surface area (TPSA) is 134 Å². The number of likely N-dealkylation sites (tertiary alicyclic amines) is 1. The minimum Gasteiger partial charge on any atom is -0.481 e. The average molecular weight is 888 g/mol. The van der Waals surface area contributed by atoms with E-state index < -0.39 is 42.1 Å². The number of ketones is 2. The van der Waals surface area contributed by atoms with Crippen LogP contribution in [0.2, 0.25) is 0 Å². The Bertz CT molecular complexity index is 1770. The number of likely N-dealkylation sites (N-methyl/N-ethyl adjacent to an activating group) is 2. The van der Waals surface area contributed by atoms with Gasteiger partial charge < -0.3 is 24.4 Å². The Morgan fingerprint density at radius 2 is 1.45 bits per heavy atom. The lowest BCUT2D eigenvalue weighted by molar-refractivity contribution is -0.149. The molecule has 1 N–H and O–H groups in total. The Kier molecular flexibility index (Phi) is 23.1. The molecular weight excluding hydrogens is 807 g/mol. The number of ether oxygens (including phenoxy) is 2. The molecule has 2 aromatic carbocycles. The second kappa shape index (κ2) is 27.3. The molecule has 2 aromatic rings. The van der Waals surface area contributed by atoms with E-state index in [4.69, 9.17) is 14.6 Å². The predicted octanol–water partition coefficient (Wildman–Crippen LogP) is 8.58. The maximum absolute atomic E-state index is 14.6. The van der Waals surface area contributed by atoms with Gasteiger partial charge in [-0.25, -0.2) is 0 Å². The Balaban J connectivity index is 1.78. The van der Waals surface area contributed by atoms with Crippen molar-refractivity contribution in [3.05, 3.63) is 83.9 Å². The van der Waals surface area contributed by atoms with Crippen molar-refractivity contribution in [2.24, 2.45) is 35.5 Å². The quantitative estimate of drug-likeness (QED) is 0.0798. The molecule has 9 atom stereocenters. The van der Waals surface area contributed by atoms with Crippen LogP contribution in [0.4, 0.5) is 0 Å². The monoisotopic (exact) mass is 888 g/mol. The SMILES string of the molecule is CC[C@H](C)[C@@H]([C@@H](CC(=O)N1CCC[C@H]1[C@H](OC)[C@@H](C)C(=O)C[C@H](/C=C\Cc1ccccc1)Cc1ccccc1)OC)N(C)C(=O)[C@@H](CC(=O)[C@H](C(C)C)N(C)CCCC(=O)O)C(C)C. The number of amides is 2. The maximum atomic E-state index is 14.6. The molecular formula is C53H81N3O8. The zero-order valence-corrected chi connectivity index (χ0v) is 40.9. The zero-order chi connectivity index (χ0) is 47.5. The van der Waals surface area contributed by atoms with Gasteiger partial charge in [0.2, 0.25) is 11.8 Å². The second-order valence-electron chi connectivity index (χ2n) is 19.0. The largest absolute Gasteiger partial charge is 0.481 e. The minimum atomic E-state index is -0.871. The third kappa shape index (κ3) is 16.1. The van der Waals surface area contributed by atoms with Crippen molar-refractivity contribution in [3.8, 4) is 0 Å². The van der Waals surface area contributed by atoms with E-state index in [0.717, 1.165) is 25.7 Å². The molecule has 2 amide bonds. The summed E-state index contributed by atoms with van der Waals surface area (Å²) in [5, 5.41) is 9.15. The van der Waals surface area contributed by atoms with E-state index in [1.54, 1.807) is 26.2 Å². The van der Waals surface area contributed by atoms with Crippen molar-refractivity contribution in [1.29, 1.82) is 0 Å². The number of Topliss-reactive ketones (excluding diaryl/α,β-unsaturated/α-hetero) is 2. The van der Waals surface area contributed by atoms with E-state index in [2.05, 4.69) is 50.3 Å². The van der Waals surface area contributed by atoms with Gasteiger partial charge in [-0.1, -0.05) is 128 Å². The van der Waals surface area contributed by atoms with Crippen LogP contribution in [0.25, 0.3) is 0 Å². The summed E-state index contributed by atoms with van der Waals surface area (Å²) in [6.07, 6.45) is 7.90. The van der Waals surface area contributed by atoms with Gasteiger partial charge in [-0.2, -0.15) is 0 Å². The van der Waals surface area contributed by atoms with E-state index in [1.807, 2.05) is 87.9 Å². The number of carbonyl (C=O) groups is 5. The molecule has 1 heterocycles. The molecule has 64 heavy (non-hydrogen) atoms. The maximum Gasteiger partial charge on any atom is 0.303 e. The zero-order valence-electron chi connectivity index (χ0n) is 40.9. The molecule has 3 rings (SSSR count). The van der Waals surface area contributed by atoms with Crippen molar-refractivity contribution in [2.45, 2.75) is 143 Å². The number of carboxylic acid groups (broad SMARTS) is 1. The molecule has 0 saturated carbocycles. The first kappa shape index (κ1) is 54.1. The van der Waals surface area contributed by atoms with E-state index >= 15 is 0 Å². The predicted molar refractivity (Wildman–Crippen MR) is 255 cm³/mol. The lowest BCUT2D eigenvalue weighted by Gasteiger charge is -2.41. The highest BCUT2D eigenvalue weighted by molar-refractivity contribution is 5.90. The fraction of sp³-hybridized carbons (Fsp3) is 0.642. The molecule has 11 heteroatoms. The number of hydrogen-bond donors (Lipinski definition) is 1. The number of nitrogens with zero attached hydrogens (tertiary/aromatic N) is 3. The summed E-state index contributed by atoms with van der Waals surface area (Å²) in [6, 6.07) is 19.3. The molecule has 1 aliphatic rings. The minimum absolute atomic E-state index is 0.00126. The normalized spacial score (nSPS) is 18.2. The third-order valence-electron chi connectivity index (χ3n) is 13.6. The van der Waals surface area contributed by atoms with Gasteiger partial charge in [0.15, 0.2) is 5.78 Å². The lowest BCUT2D eigenvalue weighted by atomic mass is 9.83. The number of allylic oxidation sites excluding steroid dienone is 2. The van der Waals surface area contributed by atoms with Crippen LogP contribution in [0.15, 0.2) is 72.8 Å². The molecule has 0 aliphatic carbocycles. The van der Waals surface area contributed by atoms with Crippen LogP contribution in [0.5, 0.6) is 0 Å². The summed E-state index contributed by atoms with van der Waals surface area (Å²) >= 11 is 0. The van der Waals surface area contributed by atoms with Crippen molar-refractivity contribution in [1.82, 2.24) is 14.7 Å². The third-order valence-corrected chi connectivity index (χ3v) is 13.6. The Morgan fingerprint density at radius 3 is 2.00 bits per heavy atom. The first-order valence-electron chi connectivity index (χ1n) is 23.8. The average Bonchev–Trinajstić information content (AvgIpc) is 3.75. The molecule has 1 saturated heterocycles. The van der Waals surface area contributed by atoms with Gasteiger partial charge in [-0.15, -0.1) is 0 Å². The molecule has 11 nitrogen and oxygen atoms in total. The van der Waals surface area contributed by atoms with Crippen LogP contribution < -0.4 is 0 Å². The number of carbonyl (C=O) groups excluding carboxylic acids is 4. The van der Waals surface area contributed by atoms with Crippen molar-refractivity contribution in [2.75, 3.05) is 41.4 Å². The van der Waals surface area contributed by atoms with Crippen LogP contribution in [0, 0.1) is 35.5 Å².